The lowest BCUT2D eigenvalue weighted by Gasteiger charge is -2.15. The van der Waals surface area contributed by atoms with Crippen LogP contribution < -0.4 is 0 Å². The zero-order chi connectivity index (χ0) is 12.8. The molecule has 0 bridgehead atoms. The van der Waals surface area contributed by atoms with Crippen molar-refractivity contribution in [2.24, 2.45) is 0 Å². The molecule has 1 nitrogen and oxygen atoms in total. The summed E-state index contributed by atoms with van der Waals surface area (Å²) in [5.41, 5.74) is 1.98. The van der Waals surface area contributed by atoms with Crippen molar-refractivity contribution in [2.75, 3.05) is 0 Å². The van der Waals surface area contributed by atoms with Crippen molar-refractivity contribution >= 4 is 5.78 Å². The van der Waals surface area contributed by atoms with E-state index in [1.807, 2.05) is 60.7 Å². The lowest BCUT2D eigenvalue weighted by molar-refractivity contribution is -0.118. The zero-order valence-electron chi connectivity index (χ0n) is 10.0. The number of hydrogen-bond acceptors (Lipinski definition) is 1. The highest BCUT2D eigenvalue weighted by Crippen LogP contribution is 2.26. The minimum absolute atomic E-state index is 0.0647. The molecule has 0 saturated carbocycles. The van der Waals surface area contributed by atoms with Crippen LogP contribution in [0.5, 0.6) is 0 Å². The molecule has 1 heteroatoms. The summed E-state index contributed by atoms with van der Waals surface area (Å²) >= 11 is 0. The fraction of sp³-hybridized carbons (Fsp3) is 0.118. The Balaban J connectivity index is 2.42. The highest BCUT2D eigenvalue weighted by atomic mass is 16.1. The molecule has 0 aliphatic carbocycles. The molecular formula is C17H14O. The third-order valence-corrected chi connectivity index (χ3v) is 2.86. The maximum Gasteiger partial charge on any atom is 0.156 e. The van der Waals surface area contributed by atoms with Crippen LogP contribution >= 0.6 is 0 Å². The molecule has 18 heavy (non-hydrogen) atoms. The maximum absolute atomic E-state index is 12.2. The Morgan fingerprint density at radius 2 is 1.39 bits per heavy atom. The lowest BCUT2D eigenvalue weighted by atomic mass is 9.86. The van der Waals surface area contributed by atoms with E-state index in [-0.39, 0.29) is 18.1 Å². The van der Waals surface area contributed by atoms with Gasteiger partial charge in [-0.05, 0) is 11.1 Å². The second-order valence-corrected chi connectivity index (χ2v) is 4.10. The lowest BCUT2D eigenvalue weighted by Crippen LogP contribution is -2.13. The largest absolute Gasteiger partial charge is 0.298 e. The van der Waals surface area contributed by atoms with Crippen LogP contribution in [-0.2, 0) is 4.79 Å². The standard InChI is InChI=1S/C17H14O/c1-2-9-16(18)17(14-10-5-3-6-11-14)15-12-7-4-8-13-15/h1,3-8,10-13,17H,9H2. The average Bonchev–Trinajstić information content (AvgIpc) is 2.42. The van der Waals surface area contributed by atoms with Gasteiger partial charge in [-0.1, -0.05) is 66.6 Å². The molecule has 0 unspecified atom stereocenters. The number of Topliss-reactive ketones (excluding diaryl/α,β-unsaturated/α-hetero) is 1. The Labute approximate surface area is 107 Å². The average molecular weight is 234 g/mol. The molecule has 88 valence electrons. The maximum atomic E-state index is 12.2. The van der Waals surface area contributed by atoms with E-state index in [1.165, 1.54) is 0 Å². The molecule has 0 aromatic heterocycles. The minimum atomic E-state index is -0.261. The Morgan fingerprint density at radius 3 is 1.78 bits per heavy atom. The summed E-state index contributed by atoms with van der Waals surface area (Å²) in [6.07, 6.45) is 5.41. The van der Waals surface area contributed by atoms with Crippen molar-refractivity contribution in [3.05, 3.63) is 71.8 Å². The number of benzene rings is 2. The van der Waals surface area contributed by atoms with Gasteiger partial charge in [-0.15, -0.1) is 6.42 Å². The second-order valence-electron chi connectivity index (χ2n) is 4.10. The Hall–Kier alpha value is -2.33. The Kier molecular flexibility index (Phi) is 3.94. The molecule has 2 aromatic carbocycles. The monoisotopic (exact) mass is 234 g/mol. The Morgan fingerprint density at radius 1 is 0.944 bits per heavy atom. The molecule has 2 aromatic rings. The zero-order valence-corrected chi connectivity index (χ0v) is 10.0. The number of carbonyl (C=O) groups excluding carboxylic acids is 1. The topological polar surface area (TPSA) is 17.1 Å². The van der Waals surface area contributed by atoms with Gasteiger partial charge in [0.05, 0.1) is 12.3 Å². The van der Waals surface area contributed by atoms with Crippen LogP contribution in [0.25, 0.3) is 0 Å². The predicted octanol–water partition coefficient (Wildman–Crippen LogP) is 3.41. The number of rotatable bonds is 4. The van der Waals surface area contributed by atoms with Crippen LogP contribution in [0.3, 0.4) is 0 Å². The summed E-state index contributed by atoms with van der Waals surface area (Å²) < 4.78 is 0. The third-order valence-electron chi connectivity index (χ3n) is 2.86. The van der Waals surface area contributed by atoms with Crippen LogP contribution in [0.15, 0.2) is 60.7 Å². The number of terminal acetylenes is 1. The molecule has 0 aliphatic rings. The summed E-state index contributed by atoms with van der Waals surface area (Å²) in [4.78, 5) is 12.2. The van der Waals surface area contributed by atoms with Gasteiger partial charge in [-0.25, -0.2) is 0 Å². The van der Waals surface area contributed by atoms with Crippen LogP contribution in [0.4, 0.5) is 0 Å². The van der Waals surface area contributed by atoms with E-state index in [1.54, 1.807) is 0 Å². The van der Waals surface area contributed by atoms with Gasteiger partial charge in [0.2, 0.25) is 0 Å². The second kappa shape index (κ2) is 5.84. The fourth-order valence-electron chi connectivity index (χ4n) is 2.06. The Bertz CT molecular complexity index is 510. The van der Waals surface area contributed by atoms with E-state index in [0.29, 0.717) is 0 Å². The number of hydrogen-bond donors (Lipinski definition) is 0. The van der Waals surface area contributed by atoms with E-state index >= 15 is 0 Å². The summed E-state index contributed by atoms with van der Waals surface area (Å²) in [6, 6.07) is 19.5. The van der Waals surface area contributed by atoms with E-state index < -0.39 is 0 Å². The summed E-state index contributed by atoms with van der Waals surface area (Å²) in [6.45, 7) is 0. The van der Waals surface area contributed by atoms with Crippen molar-refractivity contribution in [1.82, 2.24) is 0 Å². The van der Waals surface area contributed by atoms with Crippen molar-refractivity contribution in [3.63, 3.8) is 0 Å². The van der Waals surface area contributed by atoms with E-state index in [9.17, 15) is 4.79 Å². The number of carbonyl (C=O) groups is 1. The number of ketones is 1. The molecule has 0 fully saturated rings. The van der Waals surface area contributed by atoms with Crippen LogP contribution in [-0.4, -0.2) is 5.78 Å². The van der Waals surface area contributed by atoms with Crippen molar-refractivity contribution in [3.8, 4) is 12.3 Å². The van der Waals surface area contributed by atoms with Gasteiger partial charge in [0, 0.05) is 0 Å². The van der Waals surface area contributed by atoms with Gasteiger partial charge >= 0.3 is 0 Å². The van der Waals surface area contributed by atoms with Crippen LogP contribution in [0.2, 0.25) is 0 Å². The van der Waals surface area contributed by atoms with Gasteiger partial charge < -0.3 is 0 Å². The minimum Gasteiger partial charge on any atom is -0.298 e. The first-order chi connectivity index (χ1) is 8.83. The van der Waals surface area contributed by atoms with Gasteiger partial charge in [0.1, 0.15) is 0 Å². The molecule has 0 aliphatic heterocycles. The third kappa shape index (κ3) is 2.67. The molecular weight excluding hydrogens is 220 g/mol. The van der Waals surface area contributed by atoms with Gasteiger partial charge in [0.15, 0.2) is 5.78 Å². The molecule has 0 N–H and O–H groups in total. The van der Waals surface area contributed by atoms with Crippen LogP contribution in [0.1, 0.15) is 23.5 Å². The van der Waals surface area contributed by atoms with Crippen molar-refractivity contribution in [2.45, 2.75) is 12.3 Å². The van der Waals surface area contributed by atoms with E-state index in [0.717, 1.165) is 11.1 Å². The van der Waals surface area contributed by atoms with Crippen LogP contribution in [0, 0.1) is 12.3 Å². The molecule has 0 atom stereocenters. The van der Waals surface area contributed by atoms with Crippen molar-refractivity contribution in [1.29, 1.82) is 0 Å². The smallest absolute Gasteiger partial charge is 0.156 e. The molecule has 0 amide bonds. The summed E-state index contributed by atoms with van der Waals surface area (Å²) in [5.74, 6) is 2.24. The highest BCUT2D eigenvalue weighted by molar-refractivity contribution is 5.90. The predicted molar refractivity (Wildman–Crippen MR) is 73.2 cm³/mol. The summed E-state index contributed by atoms with van der Waals surface area (Å²) in [7, 11) is 0. The van der Waals surface area contributed by atoms with E-state index in [4.69, 9.17) is 6.42 Å². The quantitative estimate of drug-likeness (QED) is 0.741. The normalized spacial score (nSPS) is 10.0. The first kappa shape index (κ1) is 12.1. The van der Waals surface area contributed by atoms with Gasteiger partial charge in [-0.3, -0.25) is 4.79 Å². The molecule has 2 rings (SSSR count). The fourth-order valence-corrected chi connectivity index (χ4v) is 2.06. The summed E-state index contributed by atoms with van der Waals surface area (Å²) in [5, 5.41) is 0. The highest BCUT2D eigenvalue weighted by Gasteiger charge is 2.21. The van der Waals surface area contributed by atoms with E-state index in [2.05, 4.69) is 5.92 Å². The van der Waals surface area contributed by atoms with Gasteiger partial charge in [-0.2, -0.15) is 0 Å². The first-order valence-electron chi connectivity index (χ1n) is 5.89. The molecule has 0 radical (unpaired) electrons. The first-order valence-corrected chi connectivity index (χ1v) is 5.89. The SMILES string of the molecule is C#CCC(=O)C(c1ccccc1)c1ccccc1. The molecule has 0 spiro atoms. The van der Waals surface area contributed by atoms with Gasteiger partial charge in [0.25, 0.3) is 0 Å². The van der Waals surface area contributed by atoms with Crippen molar-refractivity contribution < 1.29 is 4.79 Å². The molecule has 0 heterocycles. The molecule has 0 saturated heterocycles.